The molecule has 0 fully saturated rings. The Morgan fingerprint density at radius 2 is 2.05 bits per heavy atom. The fourth-order valence-electron chi connectivity index (χ4n) is 2.06. The molecule has 0 saturated carbocycles. The van der Waals surface area contributed by atoms with Crippen molar-refractivity contribution in [3.63, 3.8) is 0 Å². The smallest absolute Gasteiger partial charge is 0.170 e. The number of hydrogen-bond acceptors (Lipinski definition) is 4. The Morgan fingerprint density at radius 1 is 1.33 bits per heavy atom. The lowest BCUT2D eigenvalue weighted by molar-refractivity contribution is 0.318. The molecule has 0 saturated heterocycles. The summed E-state index contributed by atoms with van der Waals surface area (Å²) in [5.74, 6) is 0.0967. The van der Waals surface area contributed by atoms with Gasteiger partial charge in [-0.1, -0.05) is 5.16 Å². The number of oxime groups is 1. The van der Waals surface area contributed by atoms with Gasteiger partial charge in [-0.05, 0) is 58.7 Å². The predicted octanol–water partition coefficient (Wildman–Crippen LogP) is 2.97. The third kappa shape index (κ3) is 3.72. The van der Waals surface area contributed by atoms with Crippen molar-refractivity contribution in [3.8, 4) is 0 Å². The number of amidine groups is 1. The Kier molecular flexibility index (Phi) is 5.16. The number of pyridine rings is 1. The Hall–Kier alpha value is -2.08. The Balaban J connectivity index is 2.26. The summed E-state index contributed by atoms with van der Waals surface area (Å²) in [6.07, 6.45) is 3.58. The molecule has 6 heteroatoms. The second-order valence-corrected chi connectivity index (χ2v) is 5.38. The summed E-state index contributed by atoms with van der Waals surface area (Å²) in [6.45, 7) is 3.76. The normalized spacial score (nSPS) is 11.4. The molecule has 0 aliphatic heterocycles. The lowest BCUT2D eigenvalue weighted by atomic mass is 10.1. The zero-order valence-corrected chi connectivity index (χ0v) is 13.3. The fraction of sp³-hybridized carbons (Fsp3) is 0.200. The van der Waals surface area contributed by atoms with Crippen LogP contribution in [0.5, 0.6) is 0 Å². The van der Waals surface area contributed by atoms with Gasteiger partial charge in [0.2, 0.25) is 0 Å². The van der Waals surface area contributed by atoms with Crippen LogP contribution >= 0.6 is 15.9 Å². The molecule has 3 N–H and O–H groups in total. The minimum Gasteiger partial charge on any atom is -0.409 e. The van der Waals surface area contributed by atoms with Crippen molar-refractivity contribution >= 4 is 27.5 Å². The molecule has 0 bridgehead atoms. The van der Waals surface area contributed by atoms with Gasteiger partial charge in [-0.15, -0.1) is 0 Å². The number of hydrogen-bond donors (Lipinski definition) is 2. The molecule has 0 aliphatic carbocycles. The van der Waals surface area contributed by atoms with Crippen molar-refractivity contribution in [2.75, 3.05) is 11.4 Å². The average Bonchev–Trinajstić information content (AvgIpc) is 2.53. The van der Waals surface area contributed by atoms with Gasteiger partial charge in [0, 0.05) is 35.5 Å². The number of halogens is 1. The quantitative estimate of drug-likeness (QED) is 0.377. The maximum absolute atomic E-state index is 8.73. The van der Waals surface area contributed by atoms with Gasteiger partial charge in [0.15, 0.2) is 5.84 Å². The highest BCUT2D eigenvalue weighted by Crippen LogP contribution is 2.28. The lowest BCUT2D eigenvalue weighted by Crippen LogP contribution is -2.23. The molecular formula is C15H17BrN4O. The van der Waals surface area contributed by atoms with Crippen LogP contribution in [0.4, 0.5) is 5.69 Å². The van der Waals surface area contributed by atoms with Crippen LogP contribution in [0.25, 0.3) is 0 Å². The highest BCUT2D eigenvalue weighted by atomic mass is 79.9. The molecule has 1 heterocycles. The number of rotatable bonds is 5. The summed E-state index contributed by atoms with van der Waals surface area (Å²) in [5.41, 5.74) is 8.53. The molecule has 0 amide bonds. The van der Waals surface area contributed by atoms with E-state index in [2.05, 4.69) is 37.9 Å². The number of anilines is 1. The second kappa shape index (κ2) is 7.08. The summed E-state index contributed by atoms with van der Waals surface area (Å²) in [5, 5.41) is 11.7. The van der Waals surface area contributed by atoms with Crippen molar-refractivity contribution in [1.82, 2.24) is 4.98 Å². The van der Waals surface area contributed by atoms with Crippen LogP contribution in [0.1, 0.15) is 18.1 Å². The Morgan fingerprint density at radius 3 is 2.62 bits per heavy atom. The van der Waals surface area contributed by atoms with E-state index in [0.29, 0.717) is 5.56 Å². The van der Waals surface area contributed by atoms with E-state index in [-0.39, 0.29) is 5.84 Å². The number of aromatic nitrogens is 1. The van der Waals surface area contributed by atoms with E-state index in [9.17, 15) is 0 Å². The number of benzene rings is 1. The summed E-state index contributed by atoms with van der Waals surface area (Å²) in [6, 6.07) is 9.65. The molecule has 1 aromatic heterocycles. The first-order valence-corrected chi connectivity index (χ1v) is 7.36. The third-order valence-corrected chi connectivity index (χ3v) is 3.83. The maximum Gasteiger partial charge on any atom is 0.170 e. The molecule has 5 nitrogen and oxygen atoms in total. The summed E-state index contributed by atoms with van der Waals surface area (Å²) in [4.78, 5) is 6.26. The number of nitrogens with two attached hydrogens (primary N) is 1. The van der Waals surface area contributed by atoms with Crippen LogP contribution in [-0.4, -0.2) is 22.6 Å². The van der Waals surface area contributed by atoms with Crippen LogP contribution in [0.15, 0.2) is 52.4 Å². The standard InChI is InChI=1S/C15H17BrN4O/c1-2-20(10-11-5-7-18-8-6-11)14-4-3-12(9-13(14)16)15(17)19-21/h3-9,21H,2,10H2,1H3,(H2,17,19). The molecular weight excluding hydrogens is 332 g/mol. The lowest BCUT2D eigenvalue weighted by Gasteiger charge is -2.24. The van der Waals surface area contributed by atoms with Crippen LogP contribution in [0.3, 0.4) is 0 Å². The van der Waals surface area contributed by atoms with Gasteiger partial charge in [-0.25, -0.2) is 0 Å². The van der Waals surface area contributed by atoms with Crippen LogP contribution in [0.2, 0.25) is 0 Å². The highest BCUT2D eigenvalue weighted by molar-refractivity contribution is 9.10. The molecule has 110 valence electrons. The van der Waals surface area contributed by atoms with E-state index in [4.69, 9.17) is 10.9 Å². The van der Waals surface area contributed by atoms with E-state index >= 15 is 0 Å². The van der Waals surface area contributed by atoms with Gasteiger partial charge in [0.25, 0.3) is 0 Å². The van der Waals surface area contributed by atoms with E-state index in [1.165, 1.54) is 5.56 Å². The predicted molar refractivity (Wildman–Crippen MR) is 87.6 cm³/mol. The third-order valence-electron chi connectivity index (χ3n) is 3.20. The fourth-order valence-corrected chi connectivity index (χ4v) is 2.69. The minimum absolute atomic E-state index is 0.0967. The second-order valence-electron chi connectivity index (χ2n) is 4.52. The monoisotopic (exact) mass is 348 g/mol. The van der Waals surface area contributed by atoms with E-state index in [1.54, 1.807) is 12.4 Å². The molecule has 1 aromatic carbocycles. The van der Waals surface area contributed by atoms with E-state index in [0.717, 1.165) is 23.2 Å². The molecule has 0 radical (unpaired) electrons. The molecule has 2 aromatic rings. The van der Waals surface area contributed by atoms with Crippen molar-refractivity contribution in [2.45, 2.75) is 13.5 Å². The maximum atomic E-state index is 8.73. The van der Waals surface area contributed by atoms with Crippen molar-refractivity contribution in [3.05, 3.63) is 58.3 Å². The zero-order valence-electron chi connectivity index (χ0n) is 11.7. The van der Waals surface area contributed by atoms with Gasteiger partial charge in [-0.2, -0.15) is 0 Å². The summed E-state index contributed by atoms with van der Waals surface area (Å²) >= 11 is 3.55. The average molecular weight is 349 g/mol. The van der Waals surface area contributed by atoms with Gasteiger partial charge in [-0.3, -0.25) is 4.98 Å². The first-order valence-electron chi connectivity index (χ1n) is 6.57. The largest absolute Gasteiger partial charge is 0.409 e. The van der Waals surface area contributed by atoms with Crippen LogP contribution in [0, 0.1) is 0 Å². The summed E-state index contributed by atoms with van der Waals surface area (Å²) in [7, 11) is 0. The van der Waals surface area contributed by atoms with Crippen LogP contribution < -0.4 is 10.6 Å². The Bertz CT molecular complexity index is 631. The SMILES string of the molecule is CCN(Cc1ccncc1)c1ccc(/C(N)=N/O)cc1Br. The molecule has 0 aliphatic rings. The highest BCUT2D eigenvalue weighted by Gasteiger charge is 2.11. The molecule has 0 spiro atoms. The first kappa shape index (κ1) is 15.3. The first-order chi connectivity index (χ1) is 10.2. The molecule has 0 unspecified atom stereocenters. The van der Waals surface area contributed by atoms with Crippen molar-refractivity contribution in [1.29, 1.82) is 0 Å². The van der Waals surface area contributed by atoms with Gasteiger partial charge in [0.1, 0.15) is 0 Å². The van der Waals surface area contributed by atoms with Crippen molar-refractivity contribution in [2.24, 2.45) is 10.9 Å². The molecule has 21 heavy (non-hydrogen) atoms. The topological polar surface area (TPSA) is 74.7 Å². The Labute approximate surface area is 132 Å². The van der Waals surface area contributed by atoms with Crippen LogP contribution in [-0.2, 0) is 6.54 Å². The number of nitrogens with zero attached hydrogens (tertiary/aromatic N) is 3. The van der Waals surface area contributed by atoms with E-state index in [1.807, 2.05) is 30.3 Å². The zero-order chi connectivity index (χ0) is 15.2. The van der Waals surface area contributed by atoms with Gasteiger partial charge >= 0.3 is 0 Å². The van der Waals surface area contributed by atoms with E-state index < -0.39 is 0 Å². The molecule has 2 rings (SSSR count). The summed E-state index contributed by atoms with van der Waals surface area (Å²) < 4.78 is 0.905. The molecule has 0 atom stereocenters. The minimum atomic E-state index is 0.0967. The van der Waals surface area contributed by atoms with Crippen molar-refractivity contribution < 1.29 is 5.21 Å². The van der Waals surface area contributed by atoms with Gasteiger partial charge in [0.05, 0.1) is 5.69 Å². The van der Waals surface area contributed by atoms with Gasteiger partial charge < -0.3 is 15.8 Å².